The fourth-order valence-electron chi connectivity index (χ4n) is 7.66. The fourth-order valence-corrected chi connectivity index (χ4v) is 8.80. The van der Waals surface area contributed by atoms with Gasteiger partial charge < -0.3 is 4.90 Å². The molecule has 0 aliphatic heterocycles. The van der Waals surface area contributed by atoms with Gasteiger partial charge in [0.15, 0.2) is 0 Å². The maximum Gasteiger partial charge on any atom is 0.0476 e. The number of benzene rings is 9. The zero-order chi connectivity index (χ0) is 35.8. The molecule has 1 nitrogen and oxygen atoms in total. The third kappa shape index (κ3) is 6.03. The second-order valence-electron chi connectivity index (χ2n) is 13.8. The van der Waals surface area contributed by atoms with Gasteiger partial charge in [-0.3, -0.25) is 0 Å². The Labute approximate surface area is 319 Å². The molecule has 0 radical (unpaired) electrons. The molecule has 0 atom stereocenters. The van der Waals surface area contributed by atoms with Crippen LogP contribution in [-0.2, 0) is 0 Å². The predicted molar refractivity (Wildman–Crippen MR) is 233 cm³/mol. The van der Waals surface area contributed by atoms with Crippen molar-refractivity contribution in [2.24, 2.45) is 0 Å². The summed E-state index contributed by atoms with van der Waals surface area (Å²) < 4.78 is 2.60. The van der Waals surface area contributed by atoms with E-state index in [4.69, 9.17) is 0 Å². The van der Waals surface area contributed by atoms with Crippen LogP contribution in [0.25, 0.3) is 75.5 Å². The number of hydrogen-bond acceptors (Lipinski definition) is 2. The van der Waals surface area contributed by atoms with Crippen LogP contribution in [0.3, 0.4) is 0 Å². The molecule has 1 heterocycles. The first-order chi connectivity index (χ1) is 26.7. The van der Waals surface area contributed by atoms with Gasteiger partial charge >= 0.3 is 0 Å². The highest BCUT2D eigenvalue weighted by atomic mass is 32.1. The van der Waals surface area contributed by atoms with Crippen molar-refractivity contribution < 1.29 is 0 Å². The van der Waals surface area contributed by atoms with E-state index in [0.29, 0.717) is 0 Å². The van der Waals surface area contributed by atoms with Gasteiger partial charge in [-0.1, -0.05) is 158 Å². The van der Waals surface area contributed by atoms with Crippen LogP contribution in [0.15, 0.2) is 212 Å². The van der Waals surface area contributed by atoms with E-state index in [9.17, 15) is 0 Å². The lowest BCUT2D eigenvalue weighted by atomic mass is 9.97. The summed E-state index contributed by atoms with van der Waals surface area (Å²) in [5.74, 6) is 0. The first-order valence-electron chi connectivity index (χ1n) is 18.4. The first kappa shape index (κ1) is 32.0. The number of nitrogens with zero attached hydrogens (tertiary/aromatic N) is 1. The average molecular weight is 706 g/mol. The molecule has 10 aromatic rings. The Morgan fingerprint density at radius 1 is 0.259 bits per heavy atom. The van der Waals surface area contributed by atoms with E-state index in [2.05, 4.69) is 217 Å². The molecule has 54 heavy (non-hydrogen) atoms. The minimum absolute atomic E-state index is 1.11. The number of fused-ring (bicyclic) bond motifs is 4. The Balaban J connectivity index is 1.03. The van der Waals surface area contributed by atoms with Crippen molar-refractivity contribution in [1.29, 1.82) is 0 Å². The maximum atomic E-state index is 2.39. The number of hydrogen-bond donors (Lipinski definition) is 0. The van der Waals surface area contributed by atoms with E-state index in [0.717, 1.165) is 17.1 Å². The normalized spacial score (nSPS) is 11.3. The van der Waals surface area contributed by atoms with Gasteiger partial charge in [0.25, 0.3) is 0 Å². The summed E-state index contributed by atoms with van der Waals surface area (Å²) >= 11 is 1.86. The van der Waals surface area contributed by atoms with Crippen molar-refractivity contribution in [3.05, 3.63) is 212 Å². The standard InChI is InChI=1S/C52H35NS/c1-2-10-36(11-3-1)38-20-22-39(23-21-38)44-16-9-17-47(34-44)53(48-30-31-50-49-18-6-7-19-51(49)54-52(50)35-48)46-28-26-40(27-29-46)42-14-8-15-43(32-42)45-25-24-37-12-4-5-13-41(37)33-45/h1-35H. The Morgan fingerprint density at radius 3 is 1.56 bits per heavy atom. The topological polar surface area (TPSA) is 3.24 Å². The molecule has 0 amide bonds. The number of rotatable bonds is 7. The fraction of sp³-hybridized carbons (Fsp3) is 0. The SMILES string of the molecule is c1ccc(-c2ccc(-c3cccc(N(c4ccc(-c5cccc(-c6ccc7ccccc7c6)c5)cc4)c4ccc5c(c4)sc4ccccc45)c3)cc2)cc1. The van der Waals surface area contributed by atoms with Crippen LogP contribution in [0, 0.1) is 0 Å². The smallest absolute Gasteiger partial charge is 0.0476 e. The van der Waals surface area contributed by atoms with Gasteiger partial charge in [0, 0.05) is 37.2 Å². The van der Waals surface area contributed by atoms with Crippen LogP contribution in [0.5, 0.6) is 0 Å². The van der Waals surface area contributed by atoms with Gasteiger partial charge in [0.2, 0.25) is 0 Å². The summed E-state index contributed by atoms with van der Waals surface area (Å²) in [6, 6.07) is 77.2. The van der Waals surface area contributed by atoms with Gasteiger partial charge in [0.05, 0.1) is 0 Å². The zero-order valence-corrected chi connectivity index (χ0v) is 30.4. The predicted octanol–water partition coefficient (Wildman–Crippen LogP) is 15.3. The summed E-state index contributed by atoms with van der Waals surface area (Å²) in [4.78, 5) is 2.39. The summed E-state index contributed by atoms with van der Waals surface area (Å²) in [6.45, 7) is 0. The minimum atomic E-state index is 1.11. The second-order valence-corrected chi connectivity index (χ2v) is 14.9. The largest absolute Gasteiger partial charge is 0.310 e. The van der Waals surface area contributed by atoms with Crippen molar-refractivity contribution in [1.82, 2.24) is 0 Å². The summed E-state index contributed by atoms with van der Waals surface area (Å²) in [5, 5.41) is 5.13. The zero-order valence-electron chi connectivity index (χ0n) is 29.6. The molecule has 0 saturated carbocycles. The molecular formula is C52H35NS. The lowest BCUT2D eigenvalue weighted by Gasteiger charge is -2.26. The molecule has 0 unspecified atom stereocenters. The van der Waals surface area contributed by atoms with Crippen LogP contribution in [0.1, 0.15) is 0 Å². The first-order valence-corrected chi connectivity index (χ1v) is 19.2. The Bertz CT molecular complexity index is 2920. The number of thiophene rings is 1. The Morgan fingerprint density at radius 2 is 0.759 bits per heavy atom. The van der Waals surface area contributed by atoms with Gasteiger partial charge in [-0.2, -0.15) is 0 Å². The molecule has 0 N–H and O–H groups in total. The van der Waals surface area contributed by atoms with Gasteiger partial charge in [-0.05, 0) is 110 Å². The molecule has 0 aliphatic carbocycles. The highest BCUT2D eigenvalue weighted by molar-refractivity contribution is 7.25. The van der Waals surface area contributed by atoms with Crippen LogP contribution in [0.2, 0.25) is 0 Å². The third-order valence-corrected chi connectivity index (χ3v) is 11.6. The second kappa shape index (κ2) is 13.7. The highest BCUT2D eigenvalue weighted by Gasteiger charge is 2.16. The maximum absolute atomic E-state index is 2.39. The van der Waals surface area contributed by atoms with Gasteiger partial charge in [0.1, 0.15) is 0 Å². The molecule has 2 heteroatoms. The number of anilines is 3. The third-order valence-electron chi connectivity index (χ3n) is 10.5. The van der Waals surface area contributed by atoms with Crippen molar-refractivity contribution in [3.63, 3.8) is 0 Å². The van der Waals surface area contributed by atoms with Crippen LogP contribution < -0.4 is 4.90 Å². The molecule has 0 saturated heterocycles. The lowest BCUT2D eigenvalue weighted by molar-refractivity contribution is 1.29. The van der Waals surface area contributed by atoms with E-state index >= 15 is 0 Å². The molecule has 10 rings (SSSR count). The average Bonchev–Trinajstić information content (AvgIpc) is 3.62. The van der Waals surface area contributed by atoms with E-state index in [1.165, 1.54) is 75.5 Å². The molecule has 0 spiro atoms. The molecule has 1 aromatic heterocycles. The van der Waals surface area contributed by atoms with Crippen LogP contribution in [-0.4, -0.2) is 0 Å². The van der Waals surface area contributed by atoms with Crippen molar-refractivity contribution in [2.45, 2.75) is 0 Å². The lowest BCUT2D eigenvalue weighted by Crippen LogP contribution is -2.09. The summed E-state index contributed by atoms with van der Waals surface area (Å²) in [7, 11) is 0. The molecule has 254 valence electrons. The minimum Gasteiger partial charge on any atom is -0.310 e. The Hall–Kier alpha value is -6.74. The van der Waals surface area contributed by atoms with E-state index in [1.54, 1.807) is 0 Å². The van der Waals surface area contributed by atoms with E-state index in [-0.39, 0.29) is 0 Å². The molecule has 0 fully saturated rings. The van der Waals surface area contributed by atoms with Crippen LogP contribution >= 0.6 is 11.3 Å². The van der Waals surface area contributed by atoms with Crippen molar-refractivity contribution in [3.8, 4) is 44.5 Å². The molecule has 9 aromatic carbocycles. The van der Waals surface area contributed by atoms with E-state index in [1.807, 2.05) is 11.3 Å². The van der Waals surface area contributed by atoms with Crippen LogP contribution in [0.4, 0.5) is 17.1 Å². The van der Waals surface area contributed by atoms with Gasteiger partial charge in [-0.25, -0.2) is 0 Å². The molecule has 0 aliphatic rings. The molecular weight excluding hydrogens is 671 g/mol. The Kier molecular flexibility index (Phi) is 8.09. The monoisotopic (exact) mass is 705 g/mol. The van der Waals surface area contributed by atoms with E-state index < -0.39 is 0 Å². The quantitative estimate of drug-likeness (QED) is 0.160. The molecule has 0 bridgehead atoms. The van der Waals surface area contributed by atoms with Crippen molar-refractivity contribution >= 4 is 59.3 Å². The summed E-state index contributed by atoms with van der Waals surface area (Å²) in [5.41, 5.74) is 13.0. The highest BCUT2D eigenvalue weighted by Crippen LogP contribution is 2.42. The summed E-state index contributed by atoms with van der Waals surface area (Å²) in [6.07, 6.45) is 0. The van der Waals surface area contributed by atoms with Gasteiger partial charge in [-0.15, -0.1) is 11.3 Å². The van der Waals surface area contributed by atoms with Crippen molar-refractivity contribution in [2.75, 3.05) is 4.90 Å².